The van der Waals surface area contributed by atoms with Crippen LogP contribution < -0.4 is 5.73 Å². The molecule has 2 aliphatic rings. The minimum absolute atomic E-state index is 0.0743. The van der Waals surface area contributed by atoms with Gasteiger partial charge in [0.15, 0.2) is 0 Å². The number of nitrogens with two attached hydrogens (primary N) is 1. The van der Waals surface area contributed by atoms with Gasteiger partial charge < -0.3 is 28.4 Å². The first-order chi connectivity index (χ1) is 16.7. The van der Waals surface area contributed by atoms with E-state index >= 15 is 0 Å². The summed E-state index contributed by atoms with van der Waals surface area (Å²) in [5.74, 6) is 0.102. The number of hydrogen-bond acceptors (Lipinski definition) is 8. The number of nitrogens with zero attached hydrogens (tertiary/aromatic N) is 3. The highest BCUT2D eigenvalue weighted by Gasteiger charge is 2.64. The molecule has 36 heavy (non-hydrogen) atoms. The van der Waals surface area contributed by atoms with Crippen LogP contribution in [0.15, 0.2) is 12.3 Å². The molecule has 4 atom stereocenters. The van der Waals surface area contributed by atoms with Crippen molar-refractivity contribution in [1.82, 2.24) is 14.5 Å². The van der Waals surface area contributed by atoms with Crippen LogP contribution in [0.25, 0.3) is 11.0 Å². The van der Waals surface area contributed by atoms with Crippen molar-refractivity contribution in [1.29, 1.82) is 0 Å². The molecule has 8 nitrogen and oxygen atoms in total. The number of nitrogen functional groups attached to an aromatic ring is 1. The topological polar surface area (TPSA) is 105 Å². The molecule has 2 aromatic heterocycles. The molecule has 0 amide bonds. The maximum Gasteiger partial charge on any atom is 0.335 e. The van der Waals surface area contributed by atoms with E-state index < -0.39 is 28.8 Å². The minimum atomic E-state index is -2.85. The molecule has 2 fully saturated rings. The lowest BCUT2D eigenvalue weighted by Crippen LogP contribution is -2.66. The molecule has 0 spiro atoms. The molecule has 0 bridgehead atoms. The maximum atomic E-state index is 12.1. The Morgan fingerprint density at radius 3 is 2.22 bits per heavy atom. The lowest BCUT2D eigenvalue weighted by molar-refractivity contribution is -0.0747. The number of fused-ring (bicyclic) bond motifs is 2. The molecule has 4 heterocycles. The molecule has 202 valence electrons. The van der Waals surface area contributed by atoms with Crippen molar-refractivity contribution in [2.75, 3.05) is 12.3 Å². The van der Waals surface area contributed by atoms with Gasteiger partial charge in [0.1, 0.15) is 21.8 Å². The third kappa shape index (κ3) is 4.37. The quantitative estimate of drug-likeness (QED) is 0.332. The van der Waals surface area contributed by atoms with E-state index in [2.05, 4.69) is 65.4 Å². The average Bonchev–Trinajstić information content (AvgIpc) is 3.25. The SMILES string of the molecule is CC(C)[Si]1(C(C)C)OC[C@H]2S[C@@H](n3ccc4c(Cl)nc(N)nc43)[C@@](C)(O)[C@@H]2O[Si](C(C)C)(C(C)C)O1. The summed E-state index contributed by atoms with van der Waals surface area (Å²) >= 11 is 8.02. The third-order valence-electron chi connectivity index (χ3n) is 7.84. The fraction of sp³-hybridized carbons (Fsp3) is 0.750. The predicted octanol–water partition coefficient (Wildman–Crippen LogP) is 5.99. The number of thioether (sulfide) groups is 1. The van der Waals surface area contributed by atoms with E-state index in [-0.39, 0.29) is 38.7 Å². The highest BCUT2D eigenvalue weighted by Crippen LogP contribution is 2.55. The Kier molecular flexibility index (Phi) is 7.73. The number of halogens is 1. The van der Waals surface area contributed by atoms with Gasteiger partial charge in [-0.25, -0.2) is 4.98 Å². The summed E-state index contributed by atoms with van der Waals surface area (Å²) in [6, 6.07) is 1.87. The van der Waals surface area contributed by atoms with Crippen LogP contribution in [0.5, 0.6) is 0 Å². The average molecular weight is 573 g/mol. The normalized spacial score (nSPS) is 30.4. The van der Waals surface area contributed by atoms with Gasteiger partial charge in [-0.05, 0) is 35.2 Å². The first-order valence-corrected chi connectivity index (χ1v) is 18.1. The fourth-order valence-electron chi connectivity index (χ4n) is 5.89. The van der Waals surface area contributed by atoms with Gasteiger partial charge in [0, 0.05) is 6.20 Å². The summed E-state index contributed by atoms with van der Waals surface area (Å²) in [6.45, 7) is 19.9. The Labute approximate surface area is 226 Å². The highest BCUT2D eigenvalue weighted by atomic mass is 35.5. The fourth-order valence-corrected chi connectivity index (χ4v) is 19.3. The first-order valence-electron chi connectivity index (χ1n) is 12.9. The van der Waals surface area contributed by atoms with Gasteiger partial charge in [-0.15, -0.1) is 11.8 Å². The van der Waals surface area contributed by atoms with Gasteiger partial charge in [-0.2, -0.15) is 4.98 Å². The summed E-state index contributed by atoms with van der Waals surface area (Å²) in [6.07, 6.45) is 1.42. The Hall–Kier alpha value is -0.666. The van der Waals surface area contributed by atoms with Crippen molar-refractivity contribution in [2.24, 2.45) is 0 Å². The van der Waals surface area contributed by atoms with Crippen LogP contribution in [0.4, 0.5) is 5.95 Å². The second kappa shape index (κ2) is 9.82. The van der Waals surface area contributed by atoms with Crippen LogP contribution in [0.1, 0.15) is 67.7 Å². The van der Waals surface area contributed by atoms with Crippen LogP contribution in [0, 0.1) is 0 Å². The standard InChI is InChI=1S/C24H41ClN4O4SSi2/c1-13(2)35(14(3)4)31-12-18-19(32-36(33-35,15(5)6)16(7)8)24(9,30)22(34-18)29-11-10-17-20(25)27-23(26)28-21(17)29/h10-11,13-16,18-19,22,30H,12H2,1-9H3,(H2,26,27,28)/t18-,19-,22-,24+/m1/s1. The van der Waals surface area contributed by atoms with Crippen molar-refractivity contribution >= 4 is 57.5 Å². The molecular weight excluding hydrogens is 532 g/mol. The Balaban J connectivity index is 1.83. The molecular formula is C24H41ClN4O4SSi2. The van der Waals surface area contributed by atoms with E-state index in [1.807, 2.05) is 23.8 Å². The van der Waals surface area contributed by atoms with Crippen molar-refractivity contribution in [2.45, 2.75) is 107 Å². The Morgan fingerprint density at radius 1 is 1.08 bits per heavy atom. The molecule has 12 heteroatoms. The number of anilines is 1. The summed E-state index contributed by atoms with van der Waals surface area (Å²) < 4.78 is 23.3. The van der Waals surface area contributed by atoms with Crippen molar-refractivity contribution in [3.05, 3.63) is 17.4 Å². The Bertz CT molecular complexity index is 1100. The van der Waals surface area contributed by atoms with Crippen LogP contribution in [-0.2, 0) is 13.0 Å². The first kappa shape index (κ1) is 28.3. The summed E-state index contributed by atoms with van der Waals surface area (Å²) in [5.41, 5.74) is 6.19. The Morgan fingerprint density at radius 2 is 1.67 bits per heavy atom. The van der Waals surface area contributed by atoms with Gasteiger partial charge in [0.25, 0.3) is 0 Å². The van der Waals surface area contributed by atoms with Gasteiger partial charge >= 0.3 is 17.1 Å². The van der Waals surface area contributed by atoms with Gasteiger partial charge in [0.05, 0.1) is 23.3 Å². The van der Waals surface area contributed by atoms with Gasteiger partial charge in [0.2, 0.25) is 5.95 Å². The van der Waals surface area contributed by atoms with Gasteiger partial charge in [-0.1, -0.05) is 67.0 Å². The summed E-state index contributed by atoms with van der Waals surface area (Å²) in [5, 5.41) is 12.7. The van der Waals surface area contributed by atoms with Crippen LogP contribution in [0.3, 0.4) is 0 Å². The number of aliphatic hydroxyl groups is 1. The molecule has 3 N–H and O–H groups in total. The minimum Gasteiger partial charge on any atom is -0.414 e. The largest absolute Gasteiger partial charge is 0.414 e. The zero-order valence-corrected chi connectivity index (χ0v) is 26.4. The van der Waals surface area contributed by atoms with Gasteiger partial charge in [-0.3, -0.25) is 0 Å². The molecule has 0 aliphatic carbocycles. The molecule has 0 radical (unpaired) electrons. The molecule has 2 saturated heterocycles. The van der Waals surface area contributed by atoms with E-state index in [0.717, 1.165) is 0 Å². The van der Waals surface area contributed by atoms with Crippen molar-refractivity contribution in [3.8, 4) is 0 Å². The molecule has 0 saturated carbocycles. The maximum absolute atomic E-state index is 12.1. The van der Waals surface area contributed by atoms with E-state index in [0.29, 0.717) is 22.8 Å². The molecule has 0 unspecified atom stereocenters. The number of aromatic nitrogens is 3. The second-order valence-corrected chi connectivity index (χ2v) is 22.1. The molecule has 2 aliphatic heterocycles. The molecule has 4 rings (SSSR count). The third-order valence-corrected chi connectivity index (χ3v) is 20.0. The molecule has 2 aromatic rings. The number of rotatable bonds is 5. The zero-order valence-electron chi connectivity index (χ0n) is 22.8. The number of hydrogen-bond donors (Lipinski definition) is 2. The predicted molar refractivity (Wildman–Crippen MR) is 152 cm³/mol. The lowest BCUT2D eigenvalue weighted by atomic mass is 9.96. The van der Waals surface area contributed by atoms with Crippen LogP contribution in [0.2, 0.25) is 27.3 Å². The van der Waals surface area contributed by atoms with Crippen LogP contribution >= 0.6 is 23.4 Å². The lowest BCUT2D eigenvalue weighted by Gasteiger charge is -2.52. The van der Waals surface area contributed by atoms with E-state index in [1.54, 1.807) is 11.8 Å². The summed E-state index contributed by atoms with van der Waals surface area (Å²) in [7, 11) is -5.51. The van der Waals surface area contributed by atoms with E-state index in [9.17, 15) is 5.11 Å². The second-order valence-electron chi connectivity index (χ2n) is 11.6. The molecule has 0 aromatic carbocycles. The van der Waals surface area contributed by atoms with Crippen LogP contribution in [-0.4, -0.2) is 60.3 Å². The van der Waals surface area contributed by atoms with Crippen molar-refractivity contribution < 1.29 is 18.1 Å². The van der Waals surface area contributed by atoms with E-state index in [4.69, 9.17) is 30.3 Å². The van der Waals surface area contributed by atoms with E-state index in [1.165, 1.54) is 0 Å². The van der Waals surface area contributed by atoms with Crippen molar-refractivity contribution in [3.63, 3.8) is 0 Å². The summed E-state index contributed by atoms with van der Waals surface area (Å²) in [4.78, 5) is 8.54. The smallest absolute Gasteiger partial charge is 0.335 e. The monoisotopic (exact) mass is 572 g/mol. The zero-order chi connectivity index (χ0) is 26.8. The highest BCUT2D eigenvalue weighted by molar-refractivity contribution is 8.00.